The lowest BCUT2D eigenvalue weighted by Gasteiger charge is -2.18. The Morgan fingerprint density at radius 3 is 2.54 bits per heavy atom. The van der Waals surface area contributed by atoms with Crippen LogP contribution in [0.1, 0.15) is 5.56 Å². The molecule has 1 amide bonds. The van der Waals surface area contributed by atoms with Gasteiger partial charge in [0.1, 0.15) is 0 Å². The molecule has 3 aromatic rings. The van der Waals surface area contributed by atoms with Crippen molar-refractivity contribution < 1.29 is 9.72 Å². The first-order valence-electron chi connectivity index (χ1n) is 8.51. The minimum atomic E-state index is -0.421. The highest BCUT2D eigenvalue weighted by Crippen LogP contribution is 2.31. The Labute approximate surface area is 171 Å². The van der Waals surface area contributed by atoms with Crippen LogP contribution in [0.4, 0.5) is 11.4 Å². The number of hydrogen-bond donors (Lipinski definition) is 0. The Morgan fingerprint density at radius 2 is 1.89 bits per heavy atom. The van der Waals surface area contributed by atoms with Gasteiger partial charge in [-0.05, 0) is 23.8 Å². The number of fused-ring (bicyclic) bond motifs is 1. The molecule has 9 heteroatoms. The zero-order valence-corrected chi connectivity index (χ0v) is 17.4. The first-order valence-corrected chi connectivity index (χ1v) is 10.3. The van der Waals surface area contributed by atoms with Crippen molar-refractivity contribution in [2.75, 3.05) is 31.8 Å². The van der Waals surface area contributed by atoms with Crippen molar-refractivity contribution in [3.05, 3.63) is 58.1 Å². The second-order valence-corrected chi connectivity index (χ2v) is 8.74. The Morgan fingerprint density at radius 1 is 1.18 bits per heavy atom. The van der Waals surface area contributed by atoms with Gasteiger partial charge in [-0.15, -0.1) is 11.3 Å². The average molecular weight is 417 g/mol. The molecule has 2 aromatic carbocycles. The minimum absolute atomic E-state index is 0.00641. The van der Waals surface area contributed by atoms with Gasteiger partial charge in [0, 0.05) is 45.5 Å². The maximum Gasteiger partial charge on any atom is 0.270 e. The molecule has 1 heterocycles. The Balaban J connectivity index is 1.58. The summed E-state index contributed by atoms with van der Waals surface area (Å²) in [5.74, 6) is 0.278. The standard InChI is InChI=1S/C19H20N4O3S2/c1-21(2)14-6-4-13(5-7-14)11-22(3)18(24)12-27-19-20-16-9-8-15(23(25)26)10-17(16)28-19/h4-10H,11-12H2,1-3H3. The molecule has 0 atom stereocenters. The molecule has 0 radical (unpaired) electrons. The topological polar surface area (TPSA) is 79.6 Å². The second kappa shape index (κ2) is 8.57. The molecule has 28 heavy (non-hydrogen) atoms. The fourth-order valence-electron chi connectivity index (χ4n) is 2.56. The van der Waals surface area contributed by atoms with Gasteiger partial charge in [0.15, 0.2) is 4.34 Å². The Hall–Kier alpha value is -2.65. The van der Waals surface area contributed by atoms with Gasteiger partial charge in [-0.25, -0.2) is 4.98 Å². The number of nitrogens with zero attached hydrogens (tertiary/aromatic N) is 4. The second-order valence-electron chi connectivity index (χ2n) is 6.49. The number of thiazole rings is 1. The molecule has 0 aliphatic heterocycles. The molecule has 0 unspecified atom stereocenters. The fourth-order valence-corrected chi connectivity index (χ4v) is 4.60. The van der Waals surface area contributed by atoms with Crippen LogP contribution in [0, 0.1) is 10.1 Å². The van der Waals surface area contributed by atoms with Gasteiger partial charge in [0.2, 0.25) is 5.91 Å². The van der Waals surface area contributed by atoms with Crippen molar-refractivity contribution in [3.8, 4) is 0 Å². The minimum Gasteiger partial charge on any atom is -0.378 e. The van der Waals surface area contributed by atoms with Gasteiger partial charge in [0.05, 0.1) is 20.9 Å². The molecule has 0 saturated carbocycles. The number of benzene rings is 2. The zero-order chi connectivity index (χ0) is 20.3. The van der Waals surface area contributed by atoms with E-state index in [1.807, 2.05) is 43.3 Å². The summed E-state index contributed by atoms with van der Waals surface area (Å²) in [6, 6.07) is 12.7. The summed E-state index contributed by atoms with van der Waals surface area (Å²) < 4.78 is 1.48. The lowest BCUT2D eigenvalue weighted by atomic mass is 10.2. The van der Waals surface area contributed by atoms with Crippen LogP contribution < -0.4 is 4.90 Å². The number of amides is 1. The van der Waals surface area contributed by atoms with Crippen LogP contribution in [0.3, 0.4) is 0 Å². The molecule has 146 valence electrons. The van der Waals surface area contributed by atoms with E-state index in [1.54, 1.807) is 18.0 Å². The number of rotatable bonds is 7. The van der Waals surface area contributed by atoms with Gasteiger partial charge in [-0.3, -0.25) is 14.9 Å². The molecule has 0 fully saturated rings. The quantitative estimate of drug-likeness (QED) is 0.329. The summed E-state index contributed by atoms with van der Waals surface area (Å²) in [4.78, 5) is 31.1. The number of nitro benzene ring substituents is 1. The maximum atomic E-state index is 12.4. The predicted molar refractivity (Wildman–Crippen MR) is 114 cm³/mol. The number of carbonyl (C=O) groups is 1. The lowest BCUT2D eigenvalue weighted by Crippen LogP contribution is -2.27. The summed E-state index contributed by atoms with van der Waals surface area (Å²) in [5.41, 5.74) is 2.94. The van der Waals surface area contributed by atoms with E-state index in [0.717, 1.165) is 20.3 Å². The van der Waals surface area contributed by atoms with E-state index < -0.39 is 4.92 Å². The first-order chi connectivity index (χ1) is 13.3. The molecular formula is C19H20N4O3S2. The number of hydrogen-bond acceptors (Lipinski definition) is 7. The molecule has 1 aromatic heterocycles. The molecule has 0 N–H and O–H groups in total. The van der Waals surface area contributed by atoms with Crippen LogP contribution in [0.2, 0.25) is 0 Å². The normalized spacial score (nSPS) is 10.8. The van der Waals surface area contributed by atoms with E-state index in [1.165, 1.54) is 35.2 Å². The summed E-state index contributed by atoms with van der Waals surface area (Å²) in [6.45, 7) is 0.541. The summed E-state index contributed by atoms with van der Waals surface area (Å²) in [7, 11) is 5.76. The lowest BCUT2D eigenvalue weighted by molar-refractivity contribution is -0.384. The molecule has 3 rings (SSSR count). The van der Waals surface area contributed by atoms with Crippen LogP contribution in [0.5, 0.6) is 0 Å². The molecule has 0 spiro atoms. The number of non-ortho nitro benzene ring substituents is 1. The summed E-state index contributed by atoms with van der Waals surface area (Å²) in [6.07, 6.45) is 0. The van der Waals surface area contributed by atoms with Crippen molar-refractivity contribution in [2.45, 2.75) is 10.9 Å². The molecule has 0 bridgehead atoms. The maximum absolute atomic E-state index is 12.4. The van der Waals surface area contributed by atoms with Gasteiger partial charge >= 0.3 is 0 Å². The van der Waals surface area contributed by atoms with Crippen LogP contribution in [-0.2, 0) is 11.3 Å². The third kappa shape index (κ3) is 4.79. The summed E-state index contributed by atoms with van der Waals surface area (Å²) >= 11 is 2.72. The van der Waals surface area contributed by atoms with Crippen molar-refractivity contribution in [2.24, 2.45) is 0 Å². The number of carbonyl (C=O) groups excluding carboxylic acids is 1. The van der Waals surface area contributed by atoms with E-state index in [9.17, 15) is 14.9 Å². The van der Waals surface area contributed by atoms with Gasteiger partial charge in [-0.2, -0.15) is 0 Å². The highest BCUT2D eigenvalue weighted by molar-refractivity contribution is 8.01. The van der Waals surface area contributed by atoms with Crippen LogP contribution in [0.25, 0.3) is 10.2 Å². The van der Waals surface area contributed by atoms with Crippen LogP contribution in [-0.4, -0.2) is 47.6 Å². The van der Waals surface area contributed by atoms with E-state index in [4.69, 9.17) is 0 Å². The molecule has 7 nitrogen and oxygen atoms in total. The number of anilines is 1. The van der Waals surface area contributed by atoms with Crippen molar-refractivity contribution >= 4 is 50.6 Å². The molecule has 0 saturated heterocycles. The van der Waals surface area contributed by atoms with Crippen LogP contribution in [0.15, 0.2) is 46.8 Å². The van der Waals surface area contributed by atoms with Gasteiger partial charge in [0.25, 0.3) is 5.69 Å². The predicted octanol–water partition coefficient (Wildman–Crippen LogP) is 4.02. The van der Waals surface area contributed by atoms with Crippen LogP contribution >= 0.6 is 23.1 Å². The first kappa shape index (κ1) is 20.1. The van der Waals surface area contributed by atoms with E-state index >= 15 is 0 Å². The number of aromatic nitrogens is 1. The number of thioether (sulfide) groups is 1. The zero-order valence-electron chi connectivity index (χ0n) is 15.8. The average Bonchev–Trinajstić information content (AvgIpc) is 3.08. The SMILES string of the molecule is CN(Cc1ccc(N(C)C)cc1)C(=O)CSc1nc2ccc([N+](=O)[O-])cc2s1. The highest BCUT2D eigenvalue weighted by atomic mass is 32.2. The van der Waals surface area contributed by atoms with E-state index in [2.05, 4.69) is 4.98 Å². The summed E-state index contributed by atoms with van der Waals surface area (Å²) in [5, 5.41) is 10.9. The monoisotopic (exact) mass is 416 g/mol. The highest BCUT2D eigenvalue weighted by Gasteiger charge is 2.14. The van der Waals surface area contributed by atoms with Crippen molar-refractivity contribution in [1.82, 2.24) is 9.88 Å². The van der Waals surface area contributed by atoms with E-state index in [0.29, 0.717) is 12.1 Å². The Bertz CT molecular complexity index is 1000. The third-order valence-corrected chi connectivity index (χ3v) is 6.33. The molecular weight excluding hydrogens is 396 g/mol. The van der Waals surface area contributed by atoms with Crippen molar-refractivity contribution in [1.29, 1.82) is 0 Å². The largest absolute Gasteiger partial charge is 0.378 e. The van der Waals surface area contributed by atoms with E-state index in [-0.39, 0.29) is 17.3 Å². The third-order valence-electron chi connectivity index (χ3n) is 4.18. The van der Waals surface area contributed by atoms with Gasteiger partial charge in [-0.1, -0.05) is 23.9 Å². The molecule has 0 aliphatic rings. The number of nitro groups is 1. The van der Waals surface area contributed by atoms with Crippen molar-refractivity contribution in [3.63, 3.8) is 0 Å². The smallest absolute Gasteiger partial charge is 0.270 e. The molecule has 0 aliphatic carbocycles. The fraction of sp³-hybridized carbons (Fsp3) is 0.263. The van der Waals surface area contributed by atoms with Gasteiger partial charge < -0.3 is 9.80 Å². The Kier molecular flexibility index (Phi) is 6.15.